The van der Waals surface area contributed by atoms with Crippen molar-refractivity contribution >= 4 is 28.9 Å². The summed E-state index contributed by atoms with van der Waals surface area (Å²) in [6.45, 7) is 0. The van der Waals surface area contributed by atoms with Crippen molar-refractivity contribution in [1.29, 1.82) is 0 Å². The average Bonchev–Trinajstić information content (AvgIpc) is 3.13. The van der Waals surface area contributed by atoms with Crippen LogP contribution in [0.5, 0.6) is 17.2 Å². The number of carbonyl (C=O) groups excluding carboxylic acids is 1. The zero-order valence-electron chi connectivity index (χ0n) is 14.2. The maximum absolute atomic E-state index is 12.5. The van der Waals surface area contributed by atoms with E-state index in [1.807, 2.05) is 0 Å². The number of aromatic hydroxyl groups is 1. The number of methoxy groups -OCH3 is 2. The second kappa shape index (κ2) is 7.53. The molecule has 0 spiro atoms. The van der Waals surface area contributed by atoms with Crippen molar-refractivity contribution in [3.63, 3.8) is 0 Å². The van der Waals surface area contributed by atoms with Gasteiger partial charge in [0, 0.05) is 24.1 Å². The third kappa shape index (κ3) is 3.52. The third-order valence-electron chi connectivity index (χ3n) is 3.91. The molecule has 2 aromatic carbocycles. The van der Waals surface area contributed by atoms with Gasteiger partial charge in [-0.1, -0.05) is 28.9 Å². The van der Waals surface area contributed by atoms with Gasteiger partial charge in [0.05, 0.1) is 30.6 Å². The van der Waals surface area contributed by atoms with E-state index in [9.17, 15) is 9.90 Å². The van der Waals surface area contributed by atoms with Crippen molar-refractivity contribution in [2.45, 2.75) is 12.5 Å². The van der Waals surface area contributed by atoms with Crippen LogP contribution in [-0.4, -0.2) is 37.0 Å². The summed E-state index contributed by atoms with van der Waals surface area (Å²) in [5.74, 6) is 0.479. The fraction of sp³-hybridized carbons (Fsp3) is 0.222. The van der Waals surface area contributed by atoms with Gasteiger partial charge in [-0.05, 0) is 12.1 Å². The van der Waals surface area contributed by atoms with Gasteiger partial charge in [0.25, 0.3) is 5.91 Å². The van der Waals surface area contributed by atoms with Crippen LogP contribution in [0.25, 0.3) is 0 Å². The molecule has 0 unspecified atom stereocenters. The van der Waals surface area contributed by atoms with E-state index in [2.05, 4.69) is 10.5 Å². The Labute approximate surface area is 155 Å². The Morgan fingerprint density at radius 3 is 2.69 bits per heavy atom. The Bertz CT molecular complexity index is 869. The minimum atomic E-state index is -0.823. The van der Waals surface area contributed by atoms with Crippen LogP contribution in [0.15, 0.2) is 41.6 Å². The van der Waals surface area contributed by atoms with Crippen LogP contribution in [0.4, 0.5) is 5.69 Å². The molecule has 0 saturated heterocycles. The second-order valence-corrected chi connectivity index (χ2v) is 5.94. The molecule has 0 fully saturated rings. The molecule has 1 amide bonds. The van der Waals surface area contributed by atoms with E-state index in [0.717, 1.165) is 0 Å². The molecule has 1 heterocycles. The molecule has 136 valence electrons. The van der Waals surface area contributed by atoms with Gasteiger partial charge in [-0.3, -0.25) is 4.79 Å². The molecule has 8 heteroatoms. The summed E-state index contributed by atoms with van der Waals surface area (Å²) >= 11 is 6.06. The van der Waals surface area contributed by atoms with Crippen molar-refractivity contribution in [2.24, 2.45) is 5.16 Å². The highest BCUT2D eigenvalue weighted by Crippen LogP contribution is 2.36. The predicted octanol–water partition coefficient (Wildman–Crippen LogP) is 3.19. The van der Waals surface area contributed by atoms with E-state index in [0.29, 0.717) is 33.5 Å². The van der Waals surface area contributed by atoms with E-state index in [1.54, 1.807) is 36.4 Å². The Hall–Kier alpha value is -2.93. The van der Waals surface area contributed by atoms with Gasteiger partial charge in [-0.15, -0.1) is 0 Å². The van der Waals surface area contributed by atoms with Crippen LogP contribution < -0.4 is 14.8 Å². The van der Waals surface area contributed by atoms with Crippen LogP contribution in [0.1, 0.15) is 12.0 Å². The average molecular weight is 377 g/mol. The van der Waals surface area contributed by atoms with Gasteiger partial charge >= 0.3 is 0 Å². The fourth-order valence-electron chi connectivity index (χ4n) is 2.57. The van der Waals surface area contributed by atoms with Crippen LogP contribution in [0.2, 0.25) is 5.02 Å². The van der Waals surface area contributed by atoms with Crippen LogP contribution >= 0.6 is 11.6 Å². The van der Waals surface area contributed by atoms with Crippen molar-refractivity contribution in [2.75, 3.05) is 19.5 Å². The normalized spacial score (nSPS) is 15.8. The number of hydrogen-bond acceptors (Lipinski definition) is 6. The number of phenols is 1. The lowest BCUT2D eigenvalue weighted by Gasteiger charge is -2.14. The maximum Gasteiger partial charge on any atom is 0.268 e. The Balaban J connectivity index is 1.73. The first-order chi connectivity index (χ1) is 12.5. The van der Waals surface area contributed by atoms with Gasteiger partial charge in [-0.2, -0.15) is 0 Å². The first-order valence-corrected chi connectivity index (χ1v) is 8.14. The molecule has 1 atom stereocenters. The number of ether oxygens (including phenoxy) is 2. The van der Waals surface area contributed by atoms with E-state index in [1.165, 1.54) is 14.2 Å². The minimum Gasteiger partial charge on any atom is -0.507 e. The highest BCUT2D eigenvalue weighted by molar-refractivity contribution is 6.32. The molecule has 3 rings (SSSR count). The number of amides is 1. The highest BCUT2D eigenvalue weighted by atomic mass is 35.5. The standard InChI is InChI=1S/C18H17ClN2O5/c1-24-15-9-13(16(25-2)7-11(15)19)20-18(23)17-8-12(21-26-17)10-5-3-4-6-14(10)22/h3-7,9,17,22H,8H2,1-2H3,(H,20,23)/t17-/m1/s1. The lowest BCUT2D eigenvalue weighted by Crippen LogP contribution is -2.28. The van der Waals surface area contributed by atoms with Crippen molar-refractivity contribution in [1.82, 2.24) is 0 Å². The van der Waals surface area contributed by atoms with E-state index < -0.39 is 12.0 Å². The largest absolute Gasteiger partial charge is 0.507 e. The molecule has 2 N–H and O–H groups in total. The van der Waals surface area contributed by atoms with Gasteiger partial charge in [0.2, 0.25) is 6.10 Å². The number of benzene rings is 2. The summed E-state index contributed by atoms with van der Waals surface area (Å²) in [5, 5.41) is 16.9. The molecule has 0 saturated carbocycles. The Morgan fingerprint density at radius 2 is 2.00 bits per heavy atom. The topological polar surface area (TPSA) is 89.4 Å². The smallest absolute Gasteiger partial charge is 0.268 e. The molecule has 1 aliphatic heterocycles. The zero-order chi connectivity index (χ0) is 18.7. The van der Waals surface area contributed by atoms with Crippen LogP contribution in [0.3, 0.4) is 0 Å². The minimum absolute atomic E-state index is 0.0833. The first-order valence-electron chi connectivity index (χ1n) is 7.77. The molecule has 2 aromatic rings. The number of para-hydroxylation sites is 1. The van der Waals surface area contributed by atoms with Gasteiger partial charge in [-0.25, -0.2) is 0 Å². The number of carbonyl (C=O) groups is 1. The summed E-state index contributed by atoms with van der Waals surface area (Å²) in [4.78, 5) is 17.8. The predicted molar refractivity (Wildman–Crippen MR) is 97.3 cm³/mol. The molecule has 0 aromatic heterocycles. The number of oxime groups is 1. The summed E-state index contributed by atoms with van der Waals surface area (Å²) < 4.78 is 10.4. The molecular weight excluding hydrogens is 360 g/mol. The maximum atomic E-state index is 12.5. The molecule has 26 heavy (non-hydrogen) atoms. The van der Waals surface area contributed by atoms with Crippen molar-refractivity contribution in [3.8, 4) is 17.2 Å². The lowest BCUT2D eigenvalue weighted by atomic mass is 10.0. The Kier molecular flexibility index (Phi) is 5.18. The third-order valence-corrected chi connectivity index (χ3v) is 4.20. The number of anilines is 1. The van der Waals surface area contributed by atoms with Crippen LogP contribution in [0, 0.1) is 0 Å². The number of hydrogen-bond donors (Lipinski definition) is 2. The molecule has 1 aliphatic rings. The first kappa shape index (κ1) is 17.9. The zero-order valence-corrected chi connectivity index (χ0v) is 14.9. The van der Waals surface area contributed by atoms with E-state index >= 15 is 0 Å². The summed E-state index contributed by atoms with van der Waals surface area (Å²) in [6.07, 6.45) is -0.591. The number of halogens is 1. The molecule has 7 nitrogen and oxygen atoms in total. The van der Waals surface area contributed by atoms with Crippen molar-refractivity contribution < 1.29 is 24.2 Å². The molecule has 0 bridgehead atoms. The molecular formula is C18H17ClN2O5. The lowest BCUT2D eigenvalue weighted by molar-refractivity contribution is -0.125. The second-order valence-electron chi connectivity index (χ2n) is 5.53. The summed E-state index contributed by atoms with van der Waals surface area (Å²) in [6, 6.07) is 9.87. The van der Waals surface area contributed by atoms with Gasteiger partial charge in [0.1, 0.15) is 17.2 Å². The van der Waals surface area contributed by atoms with Crippen molar-refractivity contribution in [3.05, 3.63) is 47.0 Å². The SMILES string of the molecule is COc1cc(NC(=O)[C@H]2CC(c3ccccc3O)=NO2)c(OC)cc1Cl. The fourth-order valence-corrected chi connectivity index (χ4v) is 2.80. The van der Waals surface area contributed by atoms with Gasteiger partial charge in [0.15, 0.2) is 0 Å². The highest BCUT2D eigenvalue weighted by Gasteiger charge is 2.30. The number of phenolic OH excluding ortho intramolecular Hbond substituents is 1. The van der Waals surface area contributed by atoms with E-state index in [4.69, 9.17) is 25.9 Å². The summed E-state index contributed by atoms with van der Waals surface area (Å²) in [5.41, 5.74) is 1.44. The monoisotopic (exact) mass is 376 g/mol. The quantitative estimate of drug-likeness (QED) is 0.836. The van der Waals surface area contributed by atoms with Gasteiger partial charge < -0.3 is 24.7 Å². The molecule has 0 radical (unpaired) electrons. The van der Waals surface area contributed by atoms with Crippen LogP contribution in [-0.2, 0) is 9.63 Å². The molecule has 0 aliphatic carbocycles. The Morgan fingerprint density at radius 1 is 1.27 bits per heavy atom. The van der Waals surface area contributed by atoms with E-state index in [-0.39, 0.29) is 12.2 Å². The number of nitrogens with one attached hydrogen (secondary N) is 1. The summed E-state index contributed by atoms with van der Waals surface area (Å²) in [7, 11) is 2.95. The number of nitrogens with zero attached hydrogens (tertiary/aromatic N) is 1. The number of rotatable bonds is 5.